The van der Waals surface area contributed by atoms with E-state index < -0.39 is 5.54 Å². The van der Waals surface area contributed by atoms with Crippen LogP contribution in [0.5, 0.6) is 0 Å². The van der Waals surface area contributed by atoms with Crippen LogP contribution in [0.4, 0.5) is 0 Å². The van der Waals surface area contributed by atoms with Crippen molar-refractivity contribution in [2.24, 2.45) is 11.7 Å². The predicted octanol–water partition coefficient (Wildman–Crippen LogP) is 2.72. The number of carbonyl (C=O) groups excluding carboxylic acids is 1. The zero-order valence-electron chi connectivity index (χ0n) is 11.5. The molecule has 18 heavy (non-hydrogen) atoms. The van der Waals surface area contributed by atoms with Gasteiger partial charge in [0.1, 0.15) is 0 Å². The summed E-state index contributed by atoms with van der Waals surface area (Å²) in [4.78, 5) is 14.6. The molecule has 0 bridgehead atoms. The van der Waals surface area contributed by atoms with Gasteiger partial charge in [0.25, 0.3) is 0 Å². The molecule has 0 aromatic carbocycles. The maximum Gasteiger partial charge on any atom is 0.242 e. The molecule has 4 heteroatoms. The monoisotopic (exact) mass is 274 g/mol. The van der Waals surface area contributed by atoms with E-state index in [0.29, 0.717) is 0 Å². The number of nitrogens with zero attached hydrogens (tertiary/aromatic N) is 1. The lowest BCUT2D eigenvalue weighted by molar-refractivity contribution is -0.138. The maximum atomic E-state index is 12.5. The molecule has 0 radical (unpaired) electrons. The molecule has 3 nitrogen and oxygen atoms in total. The third-order valence-electron chi connectivity index (χ3n) is 4.48. The minimum atomic E-state index is -0.536. The molecule has 1 heterocycles. The zero-order valence-corrected chi connectivity index (χ0v) is 12.3. The Morgan fingerprint density at radius 1 is 1.11 bits per heavy atom. The van der Waals surface area contributed by atoms with E-state index in [0.717, 1.165) is 57.5 Å². The highest BCUT2D eigenvalue weighted by Gasteiger charge is 2.38. The lowest BCUT2D eigenvalue weighted by Crippen LogP contribution is -2.56. The van der Waals surface area contributed by atoms with Gasteiger partial charge in [-0.3, -0.25) is 4.79 Å². The van der Waals surface area contributed by atoms with Crippen LogP contribution in [0.25, 0.3) is 0 Å². The van der Waals surface area contributed by atoms with Gasteiger partial charge < -0.3 is 10.6 Å². The third-order valence-corrected chi connectivity index (χ3v) is 4.48. The summed E-state index contributed by atoms with van der Waals surface area (Å²) in [5.41, 5.74) is 5.79. The van der Waals surface area contributed by atoms with Crippen LogP contribution in [0.1, 0.15) is 58.3 Å². The Hall–Kier alpha value is -0.280. The molecule has 2 N–H and O–H groups in total. The Kier molecular flexibility index (Phi) is 5.93. The van der Waals surface area contributed by atoms with Crippen LogP contribution < -0.4 is 5.73 Å². The molecule has 1 aliphatic heterocycles. The van der Waals surface area contributed by atoms with Crippen LogP contribution in [0, 0.1) is 5.92 Å². The fourth-order valence-electron chi connectivity index (χ4n) is 3.18. The summed E-state index contributed by atoms with van der Waals surface area (Å²) in [6.45, 7) is 4.12. The molecule has 0 aromatic heterocycles. The average molecular weight is 275 g/mol. The Balaban J connectivity index is 0.00000162. The van der Waals surface area contributed by atoms with Gasteiger partial charge >= 0.3 is 0 Å². The molecule has 1 amide bonds. The number of nitrogens with two attached hydrogens (primary N) is 1. The van der Waals surface area contributed by atoms with E-state index in [2.05, 4.69) is 6.92 Å². The van der Waals surface area contributed by atoms with Crippen molar-refractivity contribution in [1.29, 1.82) is 0 Å². The first-order valence-electron chi connectivity index (χ1n) is 7.20. The van der Waals surface area contributed by atoms with E-state index in [4.69, 9.17) is 5.73 Å². The lowest BCUT2D eigenvalue weighted by Gasteiger charge is -2.36. The van der Waals surface area contributed by atoms with Crippen molar-refractivity contribution < 1.29 is 4.79 Å². The Labute approximate surface area is 117 Å². The molecule has 0 spiro atoms. The van der Waals surface area contributed by atoms with Crippen LogP contribution in [0.3, 0.4) is 0 Å². The van der Waals surface area contributed by atoms with Crippen LogP contribution in [0.2, 0.25) is 0 Å². The second-order valence-corrected chi connectivity index (χ2v) is 6.05. The Morgan fingerprint density at radius 2 is 1.78 bits per heavy atom. The second-order valence-electron chi connectivity index (χ2n) is 6.05. The summed E-state index contributed by atoms with van der Waals surface area (Å²) in [6, 6.07) is 0. The number of carbonyl (C=O) groups is 1. The first-order chi connectivity index (χ1) is 8.12. The average Bonchev–Trinajstić information content (AvgIpc) is 2.54. The summed E-state index contributed by atoms with van der Waals surface area (Å²) < 4.78 is 0. The van der Waals surface area contributed by atoms with E-state index in [9.17, 15) is 4.79 Å². The Bertz CT molecular complexity index is 277. The van der Waals surface area contributed by atoms with Crippen molar-refractivity contribution in [3.63, 3.8) is 0 Å². The van der Waals surface area contributed by atoms with Crippen molar-refractivity contribution in [1.82, 2.24) is 4.90 Å². The van der Waals surface area contributed by atoms with Crippen molar-refractivity contribution in [2.75, 3.05) is 13.1 Å². The Morgan fingerprint density at radius 3 is 2.44 bits per heavy atom. The number of hydrogen-bond donors (Lipinski definition) is 1. The first kappa shape index (κ1) is 15.8. The van der Waals surface area contributed by atoms with E-state index in [-0.39, 0.29) is 18.3 Å². The highest BCUT2D eigenvalue weighted by atomic mass is 35.5. The van der Waals surface area contributed by atoms with Crippen LogP contribution in [-0.4, -0.2) is 29.4 Å². The van der Waals surface area contributed by atoms with E-state index in [1.54, 1.807) is 0 Å². The molecule has 2 rings (SSSR count). The number of likely N-dealkylation sites (tertiary alicyclic amines) is 1. The van der Waals surface area contributed by atoms with Gasteiger partial charge in [0.05, 0.1) is 5.54 Å². The van der Waals surface area contributed by atoms with Gasteiger partial charge in [0, 0.05) is 13.1 Å². The molecule has 1 saturated carbocycles. The molecule has 1 atom stereocenters. The minimum absolute atomic E-state index is 0. The molecular formula is C14H27ClN2O. The number of rotatable bonds is 1. The van der Waals surface area contributed by atoms with Crippen molar-refractivity contribution >= 4 is 18.3 Å². The highest BCUT2D eigenvalue weighted by molar-refractivity contribution is 5.86. The number of halogens is 1. The smallest absolute Gasteiger partial charge is 0.242 e. The lowest BCUT2D eigenvalue weighted by atomic mass is 9.81. The summed E-state index contributed by atoms with van der Waals surface area (Å²) in [5.74, 6) is 0.985. The number of hydrogen-bond acceptors (Lipinski definition) is 2. The largest absolute Gasteiger partial charge is 0.341 e. The molecule has 0 aromatic rings. The summed E-state index contributed by atoms with van der Waals surface area (Å²) in [6.07, 6.45) is 8.78. The van der Waals surface area contributed by atoms with Crippen molar-refractivity contribution in [2.45, 2.75) is 63.8 Å². The molecule has 2 fully saturated rings. The fraction of sp³-hybridized carbons (Fsp3) is 0.929. The van der Waals surface area contributed by atoms with Crippen molar-refractivity contribution in [3.05, 3.63) is 0 Å². The zero-order chi connectivity index (χ0) is 12.3. The molecule has 1 saturated heterocycles. The van der Waals surface area contributed by atoms with Crippen molar-refractivity contribution in [3.8, 4) is 0 Å². The topological polar surface area (TPSA) is 46.3 Å². The van der Waals surface area contributed by atoms with Gasteiger partial charge in [-0.1, -0.05) is 26.2 Å². The normalized spacial score (nSPS) is 28.1. The molecular weight excluding hydrogens is 248 g/mol. The SMILES string of the molecule is CC1CCCN(C(=O)C2(N)CCCCC2)CC1.Cl. The standard InChI is InChI=1S/C14H26N2O.ClH/c1-12-6-5-10-16(11-7-12)13(17)14(15)8-3-2-4-9-14;/h12H,2-11,15H2,1H3;1H. The third kappa shape index (κ3) is 3.61. The maximum absolute atomic E-state index is 12.5. The van der Waals surface area contributed by atoms with E-state index in [1.165, 1.54) is 12.8 Å². The first-order valence-corrected chi connectivity index (χ1v) is 7.20. The molecule has 1 unspecified atom stereocenters. The van der Waals surface area contributed by atoms with E-state index >= 15 is 0 Å². The van der Waals surface area contributed by atoms with E-state index in [1.807, 2.05) is 4.90 Å². The van der Waals surface area contributed by atoms with Gasteiger partial charge in [-0.15, -0.1) is 12.4 Å². The number of amides is 1. The van der Waals surface area contributed by atoms with Crippen LogP contribution >= 0.6 is 12.4 Å². The van der Waals surface area contributed by atoms with Crippen LogP contribution in [-0.2, 0) is 4.79 Å². The quantitative estimate of drug-likeness (QED) is 0.799. The van der Waals surface area contributed by atoms with Gasteiger partial charge in [0.2, 0.25) is 5.91 Å². The summed E-state index contributed by atoms with van der Waals surface area (Å²) in [5, 5.41) is 0. The van der Waals surface area contributed by atoms with Gasteiger partial charge in [-0.25, -0.2) is 0 Å². The summed E-state index contributed by atoms with van der Waals surface area (Å²) >= 11 is 0. The fourth-order valence-corrected chi connectivity index (χ4v) is 3.18. The predicted molar refractivity (Wildman–Crippen MR) is 76.8 cm³/mol. The minimum Gasteiger partial charge on any atom is -0.341 e. The molecule has 2 aliphatic rings. The molecule has 1 aliphatic carbocycles. The van der Waals surface area contributed by atoms with Crippen LogP contribution in [0.15, 0.2) is 0 Å². The molecule has 106 valence electrons. The summed E-state index contributed by atoms with van der Waals surface area (Å²) in [7, 11) is 0. The second kappa shape index (κ2) is 6.76. The van der Waals surface area contributed by atoms with Gasteiger partial charge in [-0.05, 0) is 38.0 Å². The highest BCUT2D eigenvalue weighted by Crippen LogP contribution is 2.29. The van der Waals surface area contributed by atoms with Gasteiger partial charge in [-0.2, -0.15) is 0 Å². The van der Waals surface area contributed by atoms with Gasteiger partial charge in [0.15, 0.2) is 0 Å².